The molecule has 0 spiro atoms. The Labute approximate surface area is 115 Å². The van der Waals surface area contributed by atoms with Crippen molar-refractivity contribution in [2.24, 2.45) is 0 Å². The number of aromatic carboxylic acids is 1. The number of carboxylic acid groups (broad SMARTS) is 1. The Bertz CT molecular complexity index is 561. The molecule has 1 aliphatic heterocycles. The molecule has 1 aliphatic rings. The van der Waals surface area contributed by atoms with E-state index in [0.29, 0.717) is 5.75 Å². The Kier molecular flexibility index (Phi) is 3.44. The maximum Gasteiger partial charge on any atom is 0.412 e. The summed E-state index contributed by atoms with van der Waals surface area (Å²) in [4.78, 5) is 22.8. The smallest absolute Gasteiger partial charge is 0.412 e. The van der Waals surface area contributed by atoms with E-state index in [0.717, 1.165) is 0 Å². The van der Waals surface area contributed by atoms with Crippen molar-refractivity contribution in [2.75, 3.05) is 12.1 Å². The summed E-state index contributed by atoms with van der Waals surface area (Å²) in [5, 5.41) is 11.5. The number of benzene rings is 1. The first-order valence-electron chi connectivity index (χ1n) is 5.93. The van der Waals surface area contributed by atoms with Gasteiger partial charge in [-0.2, -0.15) is 0 Å². The Hall–Kier alpha value is -2.44. The third kappa shape index (κ3) is 3.11. The van der Waals surface area contributed by atoms with Crippen LogP contribution in [0.2, 0.25) is 0 Å². The fraction of sp³-hybridized carbons (Fsp3) is 0.385. The lowest BCUT2D eigenvalue weighted by molar-refractivity contribution is 0.0632. The van der Waals surface area contributed by atoms with Gasteiger partial charge in [-0.05, 0) is 32.9 Å². The zero-order chi connectivity index (χ0) is 14.9. The summed E-state index contributed by atoms with van der Waals surface area (Å²) in [6.45, 7) is 5.15. The van der Waals surface area contributed by atoms with E-state index in [2.05, 4.69) is 5.32 Å². The van der Waals surface area contributed by atoms with Gasteiger partial charge in [-0.15, -0.1) is 0 Å². The van der Waals surface area contributed by atoms with E-state index in [1.807, 2.05) is 0 Å². The second-order valence-corrected chi connectivity index (χ2v) is 5.19. The Morgan fingerprint density at radius 2 is 2.00 bits per heavy atom. The SMILES string of the molecule is CC(C)(C)OC(=O)Nc1cc(C(=O)O)cc2c1OCO2. The van der Waals surface area contributed by atoms with Crippen molar-refractivity contribution in [3.63, 3.8) is 0 Å². The average Bonchev–Trinajstić information content (AvgIpc) is 2.74. The van der Waals surface area contributed by atoms with Crippen molar-refractivity contribution in [1.29, 1.82) is 0 Å². The van der Waals surface area contributed by atoms with Gasteiger partial charge in [0.2, 0.25) is 6.79 Å². The van der Waals surface area contributed by atoms with Crippen LogP contribution in [0.4, 0.5) is 10.5 Å². The quantitative estimate of drug-likeness (QED) is 0.864. The third-order valence-corrected chi connectivity index (χ3v) is 2.36. The van der Waals surface area contributed by atoms with Gasteiger partial charge >= 0.3 is 12.1 Å². The fourth-order valence-corrected chi connectivity index (χ4v) is 1.64. The van der Waals surface area contributed by atoms with Gasteiger partial charge in [-0.1, -0.05) is 0 Å². The summed E-state index contributed by atoms with van der Waals surface area (Å²) in [7, 11) is 0. The van der Waals surface area contributed by atoms with Gasteiger partial charge in [-0.25, -0.2) is 9.59 Å². The molecule has 108 valence electrons. The Morgan fingerprint density at radius 3 is 2.60 bits per heavy atom. The van der Waals surface area contributed by atoms with Crippen molar-refractivity contribution in [1.82, 2.24) is 0 Å². The first-order chi connectivity index (χ1) is 9.26. The second kappa shape index (κ2) is 4.92. The van der Waals surface area contributed by atoms with Gasteiger partial charge in [0.25, 0.3) is 0 Å². The van der Waals surface area contributed by atoms with Crippen LogP contribution >= 0.6 is 0 Å². The molecule has 1 aromatic carbocycles. The first kappa shape index (κ1) is 14.0. The second-order valence-electron chi connectivity index (χ2n) is 5.19. The fourth-order valence-electron chi connectivity index (χ4n) is 1.64. The van der Waals surface area contributed by atoms with Crippen molar-refractivity contribution in [3.8, 4) is 11.5 Å². The molecule has 0 fully saturated rings. The number of carbonyl (C=O) groups is 2. The summed E-state index contributed by atoms with van der Waals surface area (Å²) in [6.07, 6.45) is -0.697. The molecule has 1 amide bonds. The molecule has 0 aliphatic carbocycles. The summed E-state index contributed by atoms with van der Waals surface area (Å²) >= 11 is 0. The molecule has 2 N–H and O–H groups in total. The zero-order valence-corrected chi connectivity index (χ0v) is 11.4. The number of carboxylic acids is 1. The maximum absolute atomic E-state index is 11.7. The van der Waals surface area contributed by atoms with Crippen LogP contribution in [-0.2, 0) is 4.74 Å². The predicted molar refractivity (Wildman–Crippen MR) is 69.4 cm³/mol. The third-order valence-electron chi connectivity index (χ3n) is 2.36. The van der Waals surface area contributed by atoms with Crippen LogP contribution in [0.1, 0.15) is 31.1 Å². The summed E-state index contributed by atoms with van der Waals surface area (Å²) in [5.41, 5.74) is -0.471. The summed E-state index contributed by atoms with van der Waals surface area (Å²) in [6, 6.07) is 2.63. The monoisotopic (exact) mass is 281 g/mol. The number of nitrogens with one attached hydrogen (secondary N) is 1. The standard InChI is InChI=1S/C13H15NO6/c1-13(2,3)20-12(17)14-8-4-7(11(15)16)5-9-10(8)19-6-18-9/h4-5H,6H2,1-3H3,(H,14,17)(H,15,16). The van der Waals surface area contributed by atoms with Crippen LogP contribution in [0.25, 0.3) is 0 Å². The van der Waals surface area contributed by atoms with E-state index in [1.54, 1.807) is 20.8 Å². The van der Waals surface area contributed by atoms with Gasteiger partial charge in [0.1, 0.15) is 5.60 Å². The highest BCUT2D eigenvalue weighted by Gasteiger charge is 2.24. The van der Waals surface area contributed by atoms with E-state index in [-0.39, 0.29) is 23.8 Å². The number of carbonyl (C=O) groups excluding carboxylic acids is 1. The lowest BCUT2D eigenvalue weighted by atomic mass is 10.1. The average molecular weight is 281 g/mol. The molecule has 0 saturated heterocycles. The molecule has 0 unspecified atom stereocenters. The zero-order valence-electron chi connectivity index (χ0n) is 11.4. The highest BCUT2D eigenvalue weighted by Crippen LogP contribution is 2.40. The van der Waals surface area contributed by atoms with E-state index < -0.39 is 17.7 Å². The number of rotatable bonds is 2. The number of amides is 1. The molecule has 0 aromatic heterocycles. The first-order valence-corrected chi connectivity index (χ1v) is 5.93. The number of hydrogen-bond donors (Lipinski definition) is 2. The van der Waals surface area contributed by atoms with Gasteiger partial charge in [-0.3, -0.25) is 5.32 Å². The minimum Gasteiger partial charge on any atom is -0.478 e. The maximum atomic E-state index is 11.7. The minimum atomic E-state index is -1.13. The normalized spacial score (nSPS) is 12.9. The topological polar surface area (TPSA) is 94.1 Å². The summed E-state index contributed by atoms with van der Waals surface area (Å²) in [5.74, 6) is -0.563. The molecule has 7 heteroatoms. The molecule has 7 nitrogen and oxygen atoms in total. The van der Waals surface area contributed by atoms with Crippen molar-refractivity contribution < 1.29 is 28.9 Å². The molecule has 0 bridgehead atoms. The number of ether oxygens (including phenoxy) is 3. The van der Waals surface area contributed by atoms with Crippen LogP contribution in [0.3, 0.4) is 0 Å². The molecule has 2 rings (SSSR count). The molecule has 20 heavy (non-hydrogen) atoms. The van der Waals surface area contributed by atoms with Crippen LogP contribution in [0.5, 0.6) is 11.5 Å². The number of anilines is 1. The van der Waals surface area contributed by atoms with E-state index in [9.17, 15) is 9.59 Å². The number of fused-ring (bicyclic) bond motifs is 1. The molecule has 0 atom stereocenters. The molecule has 1 aromatic rings. The van der Waals surface area contributed by atoms with Gasteiger partial charge in [0.15, 0.2) is 11.5 Å². The summed E-state index contributed by atoms with van der Waals surface area (Å²) < 4.78 is 15.5. The van der Waals surface area contributed by atoms with Crippen LogP contribution in [0, 0.1) is 0 Å². The van der Waals surface area contributed by atoms with Crippen molar-refractivity contribution in [3.05, 3.63) is 17.7 Å². The molecular weight excluding hydrogens is 266 g/mol. The lowest BCUT2D eigenvalue weighted by Crippen LogP contribution is -2.27. The van der Waals surface area contributed by atoms with E-state index in [4.69, 9.17) is 19.3 Å². The predicted octanol–water partition coefficient (Wildman–Crippen LogP) is 2.46. The van der Waals surface area contributed by atoms with Crippen LogP contribution in [-0.4, -0.2) is 29.6 Å². The van der Waals surface area contributed by atoms with Gasteiger partial charge in [0.05, 0.1) is 11.3 Å². The van der Waals surface area contributed by atoms with Crippen molar-refractivity contribution in [2.45, 2.75) is 26.4 Å². The highest BCUT2D eigenvalue weighted by molar-refractivity contribution is 5.94. The van der Waals surface area contributed by atoms with Crippen LogP contribution in [0.15, 0.2) is 12.1 Å². The molecule has 0 saturated carbocycles. The van der Waals surface area contributed by atoms with Crippen molar-refractivity contribution >= 4 is 17.7 Å². The largest absolute Gasteiger partial charge is 0.478 e. The molecule has 0 radical (unpaired) electrons. The molecule has 1 heterocycles. The van der Waals surface area contributed by atoms with Crippen LogP contribution < -0.4 is 14.8 Å². The van der Waals surface area contributed by atoms with E-state index >= 15 is 0 Å². The van der Waals surface area contributed by atoms with E-state index in [1.165, 1.54) is 12.1 Å². The minimum absolute atomic E-state index is 0.0136. The molecular formula is C13H15NO6. The highest BCUT2D eigenvalue weighted by atomic mass is 16.7. The number of hydrogen-bond acceptors (Lipinski definition) is 5. The Morgan fingerprint density at radius 1 is 1.30 bits per heavy atom. The Balaban J connectivity index is 2.27. The van der Waals surface area contributed by atoms with Gasteiger partial charge in [0, 0.05) is 0 Å². The lowest BCUT2D eigenvalue weighted by Gasteiger charge is -2.20. The van der Waals surface area contributed by atoms with Gasteiger partial charge < -0.3 is 19.3 Å².